The van der Waals surface area contributed by atoms with Crippen molar-refractivity contribution in [3.05, 3.63) is 48.5 Å². The second kappa shape index (κ2) is 8.97. The summed E-state index contributed by atoms with van der Waals surface area (Å²) in [4.78, 5) is 16.9. The molecule has 2 amide bonds. The van der Waals surface area contributed by atoms with Gasteiger partial charge < -0.3 is 25.2 Å². The minimum atomic E-state index is -0.265. The first-order valence-corrected chi connectivity index (χ1v) is 9.77. The average molecular weight is 383 g/mol. The maximum Gasteiger partial charge on any atom is 0.323 e. The average Bonchev–Trinajstić information content (AvgIpc) is 3.14. The number of benzene rings is 2. The predicted molar refractivity (Wildman–Crippen MR) is 116 cm³/mol. The zero-order valence-electron chi connectivity index (χ0n) is 17.1. The highest BCUT2D eigenvalue weighted by atomic mass is 16.5. The van der Waals surface area contributed by atoms with Gasteiger partial charge in [-0.25, -0.2) is 4.79 Å². The fraction of sp³-hybridized carbons (Fsp3) is 0.409. The molecule has 28 heavy (non-hydrogen) atoms. The van der Waals surface area contributed by atoms with Gasteiger partial charge in [-0.2, -0.15) is 0 Å². The number of carbonyl (C=O) groups excluding carboxylic acids is 1. The molecule has 0 bridgehead atoms. The number of amides is 2. The summed E-state index contributed by atoms with van der Waals surface area (Å²) in [6, 6.07) is 15.7. The van der Waals surface area contributed by atoms with Gasteiger partial charge in [-0.15, -0.1) is 0 Å². The fourth-order valence-corrected chi connectivity index (χ4v) is 3.34. The summed E-state index contributed by atoms with van der Waals surface area (Å²) in [6.45, 7) is 6.06. The van der Waals surface area contributed by atoms with Crippen molar-refractivity contribution in [1.82, 2.24) is 4.90 Å². The van der Waals surface area contributed by atoms with E-state index < -0.39 is 0 Å². The Morgan fingerprint density at radius 1 is 1.04 bits per heavy atom. The molecule has 0 saturated carbocycles. The first kappa shape index (κ1) is 20.0. The smallest absolute Gasteiger partial charge is 0.323 e. The maximum atomic E-state index is 12.2. The summed E-state index contributed by atoms with van der Waals surface area (Å²) in [7, 11) is 4.26. The van der Waals surface area contributed by atoms with Crippen LogP contribution in [0.1, 0.15) is 20.3 Å². The van der Waals surface area contributed by atoms with Crippen LogP contribution < -0.4 is 20.3 Å². The molecule has 6 heteroatoms. The van der Waals surface area contributed by atoms with Crippen LogP contribution in [0.2, 0.25) is 0 Å². The van der Waals surface area contributed by atoms with Crippen LogP contribution in [0.5, 0.6) is 5.75 Å². The van der Waals surface area contributed by atoms with Gasteiger partial charge in [-0.05, 0) is 82.9 Å². The van der Waals surface area contributed by atoms with Crippen molar-refractivity contribution in [3.8, 4) is 5.75 Å². The summed E-state index contributed by atoms with van der Waals surface area (Å²) in [5.74, 6) is 0.787. The molecule has 2 aromatic rings. The van der Waals surface area contributed by atoms with Gasteiger partial charge in [0.05, 0.1) is 6.10 Å². The Bertz CT molecular complexity index is 772. The van der Waals surface area contributed by atoms with Crippen LogP contribution in [0.4, 0.5) is 21.9 Å². The van der Waals surface area contributed by atoms with Gasteiger partial charge in [0.15, 0.2) is 0 Å². The van der Waals surface area contributed by atoms with Crippen LogP contribution in [-0.2, 0) is 0 Å². The third-order valence-corrected chi connectivity index (χ3v) is 4.87. The van der Waals surface area contributed by atoms with Crippen molar-refractivity contribution in [2.24, 2.45) is 0 Å². The van der Waals surface area contributed by atoms with Gasteiger partial charge in [0.1, 0.15) is 5.75 Å². The molecule has 0 aliphatic carbocycles. The number of hydrogen-bond acceptors (Lipinski definition) is 4. The van der Waals surface area contributed by atoms with E-state index in [-0.39, 0.29) is 12.1 Å². The van der Waals surface area contributed by atoms with Crippen LogP contribution in [0.15, 0.2) is 48.5 Å². The standard InChI is InChI=1S/C22H30N4O2/c1-16(2)28-21-11-7-18(8-12-21)24-22(27)23-17-5-9-19(10-6-17)26-14-13-20(15-26)25(3)4/h5-12,16,20H,13-15H2,1-4H3,(H2,23,24,27). The largest absolute Gasteiger partial charge is 0.491 e. The maximum absolute atomic E-state index is 12.2. The van der Waals surface area contributed by atoms with Gasteiger partial charge in [-0.3, -0.25) is 0 Å². The molecule has 1 aliphatic heterocycles. The minimum Gasteiger partial charge on any atom is -0.491 e. The van der Waals surface area contributed by atoms with Gasteiger partial charge in [0.2, 0.25) is 0 Å². The molecule has 0 radical (unpaired) electrons. The van der Waals surface area contributed by atoms with E-state index in [0.29, 0.717) is 6.04 Å². The molecule has 150 valence electrons. The minimum absolute atomic E-state index is 0.124. The van der Waals surface area contributed by atoms with Crippen molar-refractivity contribution in [2.45, 2.75) is 32.4 Å². The van der Waals surface area contributed by atoms with Crippen LogP contribution in [0, 0.1) is 0 Å². The van der Waals surface area contributed by atoms with Gasteiger partial charge in [0.25, 0.3) is 0 Å². The van der Waals surface area contributed by atoms with E-state index in [0.717, 1.165) is 30.2 Å². The van der Waals surface area contributed by atoms with Crippen molar-refractivity contribution in [3.63, 3.8) is 0 Å². The van der Waals surface area contributed by atoms with Crippen molar-refractivity contribution in [1.29, 1.82) is 0 Å². The summed E-state index contributed by atoms with van der Waals surface area (Å²) in [5, 5.41) is 5.71. The van der Waals surface area contributed by atoms with E-state index in [9.17, 15) is 4.79 Å². The molecular formula is C22H30N4O2. The molecule has 6 nitrogen and oxygen atoms in total. The third-order valence-electron chi connectivity index (χ3n) is 4.87. The molecule has 1 atom stereocenters. The Labute approximate surface area is 167 Å². The summed E-state index contributed by atoms with van der Waals surface area (Å²) in [6.07, 6.45) is 1.30. The zero-order chi connectivity index (χ0) is 20.1. The van der Waals surface area contributed by atoms with Gasteiger partial charge in [0, 0.05) is 36.2 Å². The molecule has 1 aliphatic rings. The number of nitrogens with zero attached hydrogens (tertiary/aromatic N) is 2. The number of carbonyl (C=O) groups is 1. The highest BCUT2D eigenvalue weighted by Crippen LogP contribution is 2.24. The Balaban J connectivity index is 1.52. The van der Waals surface area contributed by atoms with Crippen molar-refractivity contribution in [2.75, 3.05) is 42.7 Å². The lowest BCUT2D eigenvalue weighted by atomic mass is 10.2. The van der Waals surface area contributed by atoms with Crippen LogP contribution >= 0.6 is 0 Å². The third kappa shape index (κ3) is 5.39. The van der Waals surface area contributed by atoms with Crippen molar-refractivity contribution >= 4 is 23.1 Å². The SMILES string of the molecule is CC(C)Oc1ccc(NC(=O)Nc2ccc(N3CCC(N(C)C)C3)cc2)cc1. The van der Waals surface area contributed by atoms with Crippen molar-refractivity contribution < 1.29 is 9.53 Å². The Kier molecular flexibility index (Phi) is 6.41. The fourth-order valence-electron chi connectivity index (χ4n) is 3.34. The molecule has 0 spiro atoms. The van der Waals surface area contributed by atoms with Gasteiger partial charge >= 0.3 is 6.03 Å². The molecule has 1 saturated heterocycles. The summed E-state index contributed by atoms with van der Waals surface area (Å²) in [5.41, 5.74) is 2.68. The first-order valence-electron chi connectivity index (χ1n) is 9.77. The number of anilines is 3. The number of hydrogen-bond donors (Lipinski definition) is 2. The highest BCUT2D eigenvalue weighted by Gasteiger charge is 2.23. The zero-order valence-corrected chi connectivity index (χ0v) is 17.1. The first-order chi connectivity index (χ1) is 13.4. The number of urea groups is 1. The topological polar surface area (TPSA) is 56.8 Å². The van der Waals surface area contributed by atoms with Crippen LogP contribution in [0.3, 0.4) is 0 Å². The Morgan fingerprint density at radius 2 is 1.61 bits per heavy atom. The lowest BCUT2D eigenvalue weighted by Gasteiger charge is -2.22. The Hall–Kier alpha value is -2.73. The van der Waals surface area contributed by atoms with Crippen LogP contribution in [-0.4, -0.2) is 50.3 Å². The molecule has 1 fully saturated rings. The van der Waals surface area contributed by atoms with E-state index in [2.05, 4.69) is 46.7 Å². The predicted octanol–water partition coefficient (Wildman–Crippen LogP) is 4.26. The van der Waals surface area contributed by atoms with E-state index in [4.69, 9.17) is 4.74 Å². The van der Waals surface area contributed by atoms with Crippen LogP contribution in [0.25, 0.3) is 0 Å². The number of rotatable bonds is 6. The second-order valence-corrected chi connectivity index (χ2v) is 7.67. The molecular weight excluding hydrogens is 352 g/mol. The van der Waals surface area contributed by atoms with E-state index >= 15 is 0 Å². The molecule has 1 unspecified atom stereocenters. The molecule has 2 N–H and O–H groups in total. The van der Waals surface area contributed by atoms with Gasteiger partial charge in [-0.1, -0.05) is 0 Å². The second-order valence-electron chi connectivity index (χ2n) is 7.67. The number of likely N-dealkylation sites (N-methyl/N-ethyl adjacent to an activating group) is 1. The molecule has 1 heterocycles. The summed E-state index contributed by atoms with van der Waals surface area (Å²) >= 11 is 0. The Morgan fingerprint density at radius 3 is 2.11 bits per heavy atom. The lowest BCUT2D eigenvalue weighted by molar-refractivity contribution is 0.242. The lowest BCUT2D eigenvalue weighted by Crippen LogP contribution is -2.31. The number of ether oxygens (including phenoxy) is 1. The van der Waals surface area contributed by atoms with E-state index in [1.807, 2.05) is 50.2 Å². The highest BCUT2D eigenvalue weighted by molar-refractivity contribution is 5.99. The quantitative estimate of drug-likeness (QED) is 0.784. The van der Waals surface area contributed by atoms with E-state index in [1.54, 1.807) is 0 Å². The van der Waals surface area contributed by atoms with E-state index in [1.165, 1.54) is 12.1 Å². The number of nitrogens with one attached hydrogen (secondary N) is 2. The molecule has 3 rings (SSSR count). The molecule has 0 aromatic heterocycles. The summed E-state index contributed by atoms with van der Waals surface area (Å²) < 4.78 is 5.61. The normalized spacial score (nSPS) is 16.5. The molecule has 2 aromatic carbocycles. The monoisotopic (exact) mass is 382 g/mol.